The van der Waals surface area contributed by atoms with Gasteiger partial charge in [-0.15, -0.1) is 5.10 Å². The van der Waals surface area contributed by atoms with E-state index in [-0.39, 0.29) is 11.3 Å². The van der Waals surface area contributed by atoms with E-state index in [0.717, 1.165) is 43.2 Å². The second kappa shape index (κ2) is 7.13. The van der Waals surface area contributed by atoms with Crippen LogP contribution in [0.2, 0.25) is 0 Å². The van der Waals surface area contributed by atoms with Crippen molar-refractivity contribution >= 4 is 5.78 Å². The topological polar surface area (TPSA) is 68.0 Å². The summed E-state index contributed by atoms with van der Waals surface area (Å²) < 4.78 is 1.77. The minimum absolute atomic E-state index is 0.129. The summed E-state index contributed by atoms with van der Waals surface area (Å²) in [6.07, 6.45) is 10.7. The minimum Gasteiger partial charge on any atom is -0.390 e. The number of carbonyl (C=O) groups is 1. The molecule has 5 heteroatoms. The van der Waals surface area contributed by atoms with E-state index in [2.05, 4.69) is 31.1 Å². The molecule has 9 atom stereocenters. The van der Waals surface area contributed by atoms with Gasteiger partial charge < -0.3 is 5.11 Å². The van der Waals surface area contributed by atoms with Crippen molar-refractivity contribution in [2.75, 3.05) is 0 Å². The quantitative estimate of drug-likeness (QED) is 0.751. The van der Waals surface area contributed by atoms with E-state index < -0.39 is 5.60 Å². The number of fused-ring (bicyclic) bond motifs is 5. The highest BCUT2D eigenvalue weighted by Gasteiger charge is 2.63. The molecule has 5 rings (SSSR count). The lowest BCUT2D eigenvalue weighted by molar-refractivity contribution is -0.166. The van der Waals surface area contributed by atoms with Crippen LogP contribution in [0.1, 0.15) is 84.8 Å². The molecule has 1 aromatic heterocycles. The Labute approximate surface area is 187 Å². The predicted octanol–water partition coefficient (Wildman–Crippen LogP) is 4.81. The number of hydrogen-bond acceptors (Lipinski definition) is 4. The van der Waals surface area contributed by atoms with Crippen molar-refractivity contribution in [1.82, 2.24) is 15.0 Å². The average molecular weight is 428 g/mol. The number of aromatic nitrogens is 3. The van der Waals surface area contributed by atoms with Crippen LogP contribution in [0.15, 0.2) is 6.20 Å². The van der Waals surface area contributed by atoms with Crippen LogP contribution in [0.25, 0.3) is 0 Å². The van der Waals surface area contributed by atoms with Gasteiger partial charge in [0.25, 0.3) is 0 Å². The molecule has 0 aromatic carbocycles. The SMILES string of the molecule is Cc1cnnn1CC(=O)[C@H]1CC[C@H]2[C@@H]3[C@@H](C)C[C@H]4C[C@](C)(O)CC[C@]4(C)[C@H]3CC[C@]12C. The van der Waals surface area contributed by atoms with Gasteiger partial charge in [0.2, 0.25) is 0 Å². The molecule has 172 valence electrons. The fourth-order valence-electron chi connectivity index (χ4n) is 9.06. The van der Waals surface area contributed by atoms with Crippen LogP contribution in [0.4, 0.5) is 0 Å². The molecule has 1 N–H and O–H groups in total. The van der Waals surface area contributed by atoms with Crippen molar-refractivity contribution in [1.29, 1.82) is 0 Å². The standard InChI is InChI=1S/C26H41N3O2/c1-16-12-18-13-24(3,31)10-11-25(18,4)21-8-9-26(5)19(6-7-20(26)23(16)21)22(30)15-29-17(2)14-27-28-29/h14,16,18-21,23,31H,6-13,15H2,1-5H3/t16-,18-,19+,20-,21-,23-,24+,25-,26+/m0/s1. The van der Waals surface area contributed by atoms with Crippen molar-refractivity contribution in [3.8, 4) is 0 Å². The smallest absolute Gasteiger partial charge is 0.157 e. The molecular formula is C26H41N3O2. The summed E-state index contributed by atoms with van der Waals surface area (Å²) in [6, 6.07) is 0. The molecule has 0 unspecified atom stereocenters. The summed E-state index contributed by atoms with van der Waals surface area (Å²) in [5.74, 6) is 3.99. The Bertz CT molecular complexity index is 863. The molecule has 0 amide bonds. The van der Waals surface area contributed by atoms with Gasteiger partial charge in [0.05, 0.1) is 17.5 Å². The molecule has 0 radical (unpaired) electrons. The van der Waals surface area contributed by atoms with Crippen molar-refractivity contribution in [2.24, 2.45) is 46.3 Å². The monoisotopic (exact) mass is 427 g/mol. The van der Waals surface area contributed by atoms with Crippen molar-refractivity contribution in [3.05, 3.63) is 11.9 Å². The third kappa shape index (κ3) is 3.24. The first-order valence-electron chi connectivity index (χ1n) is 12.7. The minimum atomic E-state index is -0.482. The zero-order valence-electron chi connectivity index (χ0n) is 20.1. The van der Waals surface area contributed by atoms with Crippen LogP contribution in [0.3, 0.4) is 0 Å². The molecule has 4 fully saturated rings. The van der Waals surface area contributed by atoms with E-state index in [0.29, 0.717) is 35.5 Å². The Kier molecular flexibility index (Phi) is 4.97. The molecule has 0 saturated heterocycles. The Morgan fingerprint density at radius 1 is 1.13 bits per heavy atom. The van der Waals surface area contributed by atoms with Crippen LogP contribution < -0.4 is 0 Å². The van der Waals surface area contributed by atoms with Gasteiger partial charge >= 0.3 is 0 Å². The Morgan fingerprint density at radius 3 is 2.58 bits per heavy atom. The second-order valence-corrected chi connectivity index (χ2v) is 12.6. The molecule has 4 saturated carbocycles. The van der Waals surface area contributed by atoms with Gasteiger partial charge in [-0.2, -0.15) is 0 Å². The first-order chi connectivity index (χ1) is 14.6. The summed E-state index contributed by atoms with van der Waals surface area (Å²) in [7, 11) is 0. The van der Waals surface area contributed by atoms with Gasteiger partial charge in [-0.3, -0.25) is 4.79 Å². The number of aryl methyl sites for hydroxylation is 1. The van der Waals surface area contributed by atoms with E-state index in [1.54, 1.807) is 10.9 Å². The molecule has 4 aliphatic rings. The maximum Gasteiger partial charge on any atom is 0.157 e. The van der Waals surface area contributed by atoms with Gasteiger partial charge in [-0.25, -0.2) is 4.68 Å². The number of Topliss-reactive ketones (excluding diaryl/α,β-unsaturated/α-hetero) is 1. The third-order valence-electron chi connectivity index (χ3n) is 10.8. The molecule has 31 heavy (non-hydrogen) atoms. The Morgan fingerprint density at radius 2 is 1.87 bits per heavy atom. The fraction of sp³-hybridized carbons (Fsp3) is 0.885. The number of carbonyl (C=O) groups excluding carboxylic acids is 1. The zero-order valence-corrected chi connectivity index (χ0v) is 20.1. The van der Waals surface area contributed by atoms with E-state index >= 15 is 0 Å². The lowest BCUT2D eigenvalue weighted by Crippen LogP contribution is -2.58. The summed E-state index contributed by atoms with van der Waals surface area (Å²) in [5.41, 5.74) is 0.972. The summed E-state index contributed by atoms with van der Waals surface area (Å²) in [4.78, 5) is 13.4. The Hall–Kier alpha value is -1.23. The van der Waals surface area contributed by atoms with E-state index in [9.17, 15) is 9.90 Å². The summed E-state index contributed by atoms with van der Waals surface area (Å²) in [6.45, 7) is 11.8. The number of aliphatic hydroxyl groups is 1. The maximum absolute atomic E-state index is 13.4. The average Bonchev–Trinajstić information content (AvgIpc) is 3.25. The van der Waals surface area contributed by atoms with Crippen molar-refractivity contribution in [3.63, 3.8) is 0 Å². The molecule has 5 nitrogen and oxygen atoms in total. The van der Waals surface area contributed by atoms with Crippen molar-refractivity contribution < 1.29 is 9.90 Å². The highest BCUT2D eigenvalue weighted by Crippen LogP contribution is 2.69. The normalized spacial score (nSPS) is 49.2. The maximum atomic E-state index is 13.4. The molecular weight excluding hydrogens is 386 g/mol. The van der Waals surface area contributed by atoms with Gasteiger partial charge in [0.15, 0.2) is 5.78 Å². The predicted molar refractivity (Wildman–Crippen MR) is 120 cm³/mol. The molecule has 4 aliphatic carbocycles. The summed E-state index contributed by atoms with van der Waals surface area (Å²) in [5, 5.41) is 18.9. The molecule has 0 bridgehead atoms. The van der Waals surface area contributed by atoms with Crippen molar-refractivity contribution in [2.45, 2.75) is 98.1 Å². The number of rotatable bonds is 3. The highest BCUT2D eigenvalue weighted by molar-refractivity contribution is 5.82. The van der Waals surface area contributed by atoms with Gasteiger partial charge in [-0.05, 0) is 106 Å². The van der Waals surface area contributed by atoms with Crippen LogP contribution in [0, 0.1) is 53.3 Å². The lowest BCUT2D eigenvalue weighted by Gasteiger charge is -2.63. The zero-order chi connectivity index (χ0) is 22.2. The molecule has 0 aliphatic heterocycles. The second-order valence-electron chi connectivity index (χ2n) is 12.6. The van der Waals surface area contributed by atoms with Gasteiger partial charge in [-0.1, -0.05) is 26.0 Å². The fourth-order valence-corrected chi connectivity index (χ4v) is 9.06. The van der Waals surface area contributed by atoms with Crippen LogP contribution in [-0.4, -0.2) is 31.5 Å². The molecule has 1 heterocycles. The van der Waals surface area contributed by atoms with E-state index in [1.807, 2.05) is 13.8 Å². The molecule has 0 spiro atoms. The van der Waals surface area contributed by atoms with Gasteiger partial charge in [0, 0.05) is 5.92 Å². The first-order valence-corrected chi connectivity index (χ1v) is 12.7. The molecule has 1 aromatic rings. The van der Waals surface area contributed by atoms with Crippen LogP contribution >= 0.6 is 0 Å². The number of nitrogens with zero attached hydrogens (tertiary/aromatic N) is 3. The van der Waals surface area contributed by atoms with E-state index in [1.165, 1.54) is 25.7 Å². The Balaban J connectivity index is 1.39. The van der Waals surface area contributed by atoms with E-state index in [4.69, 9.17) is 0 Å². The first kappa shape index (κ1) is 21.6. The highest BCUT2D eigenvalue weighted by atomic mass is 16.3. The number of hydrogen-bond donors (Lipinski definition) is 1. The van der Waals surface area contributed by atoms with Crippen LogP contribution in [-0.2, 0) is 11.3 Å². The summed E-state index contributed by atoms with van der Waals surface area (Å²) >= 11 is 0. The lowest BCUT2D eigenvalue weighted by atomic mass is 9.42. The largest absolute Gasteiger partial charge is 0.390 e. The number of ketones is 1. The van der Waals surface area contributed by atoms with Crippen LogP contribution in [0.5, 0.6) is 0 Å². The third-order valence-corrected chi connectivity index (χ3v) is 10.8. The van der Waals surface area contributed by atoms with Gasteiger partial charge in [0.1, 0.15) is 6.54 Å².